The van der Waals surface area contributed by atoms with Crippen LogP contribution in [0.4, 0.5) is 5.69 Å². The maximum Gasteiger partial charge on any atom is 0.321 e. The van der Waals surface area contributed by atoms with Crippen LogP contribution >= 0.6 is 0 Å². The largest absolute Gasteiger partial charge is 0.459 e. The van der Waals surface area contributed by atoms with E-state index in [1.165, 1.54) is 0 Å². The molecular formula is C13H19NO4S. The van der Waals surface area contributed by atoms with E-state index in [1.807, 2.05) is 0 Å². The van der Waals surface area contributed by atoms with Crippen LogP contribution < -0.4 is 5.73 Å². The SMILES string of the molecule is CC(C)(C)OC(=O)CS(=O)(=O)Cc1cccc(N)c1. The van der Waals surface area contributed by atoms with Gasteiger partial charge < -0.3 is 10.5 Å². The Kier molecular flexibility index (Phi) is 4.57. The molecule has 0 aliphatic rings. The molecule has 0 saturated carbocycles. The van der Waals surface area contributed by atoms with E-state index in [0.29, 0.717) is 11.3 Å². The summed E-state index contributed by atoms with van der Waals surface area (Å²) in [5.74, 6) is -1.59. The van der Waals surface area contributed by atoms with Gasteiger partial charge in [0.2, 0.25) is 0 Å². The molecule has 0 bridgehead atoms. The predicted molar refractivity (Wildman–Crippen MR) is 74.2 cm³/mol. The maximum absolute atomic E-state index is 11.9. The fourth-order valence-electron chi connectivity index (χ4n) is 1.54. The van der Waals surface area contributed by atoms with Gasteiger partial charge in [0, 0.05) is 5.69 Å². The first-order chi connectivity index (χ1) is 8.57. The Bertz CT molecular complexity index is 558. The van der Waals surface area contributed by atoms with E-state index in [1.54, 1.807) is 45.0 Å². The molecule has 1 aromatic carbocycles. The molecule has 106 valence electrons. The summed E-state index contributed by atoms with van der Waals surface area (Å²) in [6, 6.07) is 6.58. The lowest BCUT2D eigenvalue weighted by Gasteiger charge is -2.19. The molecule has 0 aliphatic carbocycles. The zero-order valence-electron chi connectivity index (χ0n) is 11.3. The van der Waals surface area contributed by atoms with Crippen LogP contribution in [0.3, 0.4) is 0 Å². The lowest BCUT2D eigenvalue weighted by molar-refractivity contribution is -0.151. The monoisotopic (exact) mass is 285 g/mol. The van der Waals surface area contributed by atoms with Gasteiger partial charge in [-0.15, -0.1) is 0 Å². The van der Waals surface area contributed by atoms with Gasteiger partial charge in [-0.2, -0.15) is 0 Å². The fraction of sp³-hybridized carbons (Fsp3) is 0.462. The molecule has 0 atom stereocenters. The van der Waals surface area contributed by atoms with Gasteiger partial charge >= 0.3 is 5.97 Å². The van der Waals surface area contributed by atoms with E-state index < -0.39 is 27.2 Å². The van der Waals surface area contributed by atoms with E-state index in [0.717, 1.165) is 0 Å². The minimum absolute atomic E-state index is 0.225. The highest BCUT2D eigenvalue weighted by Crippen LogP contribution is 2.13. The first-order valence-corrected chi connectivity index (χ1v) is 7.66. The number of rotatable bonds is 4. The van der Waals surface area contributed by atoms with Crippen molar-refractivity contribution in [2.75, 3.05) is 11.5 Å². The second kappa shape index (κ2) is 5.61. The first-order valence-electron chi connectivity index (χ1n) is 5.84. The zero-order valence-corrected chi connectivity index (χ0v) is 12.2. The van der Waals surface area contributed by atoms with E-state index in [-0.39, 0.29) is 5.75 Å². The second-order valence-electron chi connectivity index (χ2n) is 5.36. The Labute approximate surface area is 113 Å². The van der Waals surface area contributed by atoms with Crippen molar-refractivity contribution < 1.29 is 17.9 Å². The molecule has 0 aliphatic heterocycles. The molecule has 1 rings (SSSR count). The molecular weight excluding hydrogens is 266 g/mol. The van der Waals surface area contributed by atoms with Crippen molar-refractivity contribution >= 4 is 21.5 Å². The molecule has 1 aromatic rings. The maximum atomic E-state index is 11.9. The summed E-state index contributed by atoms with van der Waals surface area (Å²) in [5.41, 5.74) is 5.93. The van der Waals surface area contributed by atoms with Crippen molar-refractivity contribution in [1.29, 1.82) is 0 Å². The van der Waals surface area contributed by atoms with Gasteiger partial charge in [0.25, 0.3) is 0 Å². The number of hydrogen-bond donors (Lipinski definition) is 1. The van der Waals surface area contributed by atoms with Gasteiger partial charge in [0.1, 0.15) is 11.4 Å². The van der Waals surface area contributed by atoms with Gasteiger partial charge in [-0.25, -0.2) is 8.42 Å². The molecule has 0 unspecified atom stereocenters. The number of nitrogen functional groups attached to an aromatic ring is 1. The van der Waals surface area contributed by atoms with Crippen LogP contribution in [0.5, 0.6) is 0 Å². The van der Waals surface area contributed by atoms with E-state index in [2.05, 4.69) is 0 Å². The first kappa shape index (κ1) is 15.5. The summed E-state index contributed by atoms with van der Waals surface area (Å²) >= 11 is 0. The van der Waals surface area contributed by atoms with Crippen molar-refractivity contribution in [3.63, 3.8) is 0 Å². The molecule has 0 aromatic heterocycles. The number of nitrogens with two attached hydrogens (primary N) is 1. The summed E-state index contributed by atoms with van der Waals surface area (Å²) in [5, 5.41) is 0. The molecule has 6 heteroatoms. The normalized spacial score (nSPS) is 12.2. The van der Waals surface area contributed by atoms with Gasteiger partial charge in [0.15, 0.2) is 9.84 Å². The Hall–Kier alpha value is -1.56. The minimum atomic E-state index is -3.55. The van der Waals surface area contributed by atoms with Crippen LogP contribution in [0.15, 0.2) is 24.3 Å². The van der Waals surface area contributed by atoms with Crippen molar-refractivity contribution in [2.24, 2.45) is 0 Å². The van der Waals surface area contributed by atoms with Crippen LogP contribution in [-0.2, 0) is 25.1 Å². The van der Waals surface area contributed by atoms with Crippen molar-refractivity contribution in [2.45, 2.75) is 32.1 Å². The molecule has 19 heavy (non-hydrogen) atoms. The van der Waals surface area contributed by atoms with Crippen LogP contribution in [0.2, 0.25) is 0 Å². The molecule has 0 heterocycles. The number of benzene rings is 1. The molecule has 0 amide bonds. The average molecular weight is 285 g/mol. The number of carbonyl (C=O) groups is 1. The van der Waals surface area contributed by atoms with Crippen LogP contribution in [0, 0.1) is 0 Å². The number of hydrogen-bond acceptors (Lipinski definition) is 5. The molecule has 0 spiro atoms. The van der Waals surface area contributed by atoms with E-state index >= 15 is 0 Å². The van der Waals surface area contributed by atoms with Crippen molar-refractivity contribution in [1.82, 2.24) is 0 Å². The third kappa shape index (κ3) is 6.24. The number of anilines is 1. The smallest absolute Gasteiger partial charge is 0.321 e. The van der Waals surface area contributed by atoms with Crippen LogP contribution in [-0.4, -0.2) is 25.7 Å². The molecule has 0 saturated heterocycles. The Morgan fingerprint density at radius 2 is 1.95 bits per heavy atom. The summed E-state index contributed by atoms with van der Waals surface area (Å²) in [7, 11) is -3.55. The summed E-state index contributed by atoms with van der Waals surface area (Å²) < 4.78 is 28.7. The lowest BCUT2D eigenvalue weighted by atomic mass is 10.2. The molecule has 2 N–H and O–H groups in total. The number of ether oxygens (including phenoxy) is 1. The van der Waals surface area contributed by atoms with Crippen molar-refractivity contribution in [3.05, 3.63) is 29.8 Å². The van der Waals surface area contributed by atoms with Gasteiger partial charge in [-0.3, -0.25) is 4.79 Å². The summed E-state index contributed by atoms with van der Waals surface area (Å²) in [6.45, 7) is 5.07. The summed E-state index contributed by atoms with van der Waals surface area (Å²) in [6.07, 6.45) is 0. The lowest BCUT2D eigenvalue weighted by Crippen LogP contribution is -2.29. The van der Waals surface area contributed by atoms with Crippen LogP contribution in [0.25, 0.3) is 0 Å². The second-order valence-corrected chi connectivity index (χ2v) is 7.43. The Morgan fingerprint density at radius 1 is 1.32 bits per heavy atom. The fourth-order valence-corrected chi connectivity index (χ4v) is 2.75. The van der Waals surface area contributed by atoms with Gasteiger partial charge in [0.05, 0.1) is 5.75 Å². The summed E-state index contributed by atoms with van der Waals surface area (Å²) in [4.78, 5) is 11.5. The molecule has 5 nitrogen and oxygen atoms in total. The number of esters is 1. The Balaban J connectivity index is 2.70. The van der Waals surface area contributed by atoms with Crippen molar-refractivity contribution in [3.8, 4) is 0 Å². The van der Waals surface area contributed by atoms with Gasteiger partial charge in [-0.1, -0.05) is 12.1 Å². The van der Waals surface area contributed by atoms with Gasteiger partial charge in [-0.05, 0) is 38.5 Å². The third-order valence-electron chi connectivity index (χ3n) is 2.10. The van der Waals surface area contributed by atoms with Crippen LogP contribution in [0.1, 0.15) is 26.3 Å². The molecule has 0 fully saturated rings. The number of carbonyl (C=O) groups excluding carboxylic acids is 1. The Morgan fingerprint density at radius 3 is 2.47 bits per heavy atom. The highest BCUT2D eigenvalue weighted by Gasteiger charge is 2.23. The zero-order chi connectivity index (χ0) is 14.7. The highest BCUT2D eigenvalue weighted by atomic mass is 32.2. The average Bonchev–Trinajstić information content (AvgIpc) is 2.11. The topological polar surface area (TPSA) is 86.5 Å². The standard InChI is InChI=1S/C13H19NO4S/c1-13(2,3)18-12(15)9-19(16,17)8-10-5-4-6-11(14)7-10/h4-7H,8-9,14H2,1-3H3. The molecule has 0 radical (unpaired) electrons. The van der Waals surface area contributed by atoms with E-state index in [9.17, 15) is 13.2 Å². The van der Waals surface area contributed by atoms with E-state index in [4.69, 9.17) is 10.5 Å². The minimum Gasteiger partial charge on any atom is -0.459 e. The highest BCUT2D eigenvalue weighted by molar-refractivity contribution is 7.91. The predicted octanol–water partition coefficient (Wildman–Crippen LogP) is 1.53. The quantitative estimate of drug-likeness (QED) is 0.669. The number of sulfone groups is 1. The third-order valence-corrected chi connectivity index (χ3v) is 3.54.